The number of hydrogen-bond acceptors (Lipinski definition) is 6. The van der Waals surface area contributed by atoms with E-state index in [0.717, 1.165) is 77.0 Å². The molecule has 11 aromatic rings. The van der Waals surface area contributed by atoms with Crippen LogP contribution in [-0.2, 0) is 0 Å². The molecule has 0 bridgehead atoms. The van der Waals surface area contributed by atoms with Gasteiger partial charge in [0.15, 0.2) is 23.1 Å². The molecule has 0 aliphatic rings. The van der Waals surface area contributed by atoms with Crippen molar-refractivity contribution in [3.05, 3.63) is 170 Å². The lowest BCUT2D eigenvalue weighted by atomic mass is 9.92. The van der Waals surface area contributed by atoms with Gasteiger partial charge in [0.2, 0.25) is 5.89 Å². The van der Waals surface area contributed by atoms with Crippen LogP contribution in [0.15, 0.2) is 179 Å². The van der Waals surface area contributed by atoms with Gasteiger partial charge in [0, 0.05) is 39.1 Å². The maximum Gasteiger partial charge on any atom is 0.227 e. The smallest absolute Gasteiger partial charge is 0.227 e. The Bertz CT molecular complexity index is 3220. The molecule has 0 unspecified atom stereocenters. The molecule has 0 atom stereocenters. The minimum Gasteiger partial charge on any atom is -0.456 e. The van der Waals surface area contributed by atoms with E-state index in [1.165, 1.54) is 5.39 Å². The Hall–Kier alpha value is -7.44. The molecule has 0 saturated heterocycles. The molecule has 11 rings (SSSR count). The first-order chi connectivity index (χ1) is 26.7. The van der Waals surface area contributed by atoms with Gasteiger partial charge in [0.1, 0.15) is 16.7 Å². The molecule has 0 amide bonds. The van der Waals surface area contributed by atoms with Crippen molar-refractivity contribution in [1.82, 2.24) is 19.9 Å². The summed E-state index contributed by atoms with van der Waals surface area (Å²) in [6.45, 7) is 0. The lowest BCUT2D eigenvalue weighted by Crippen LogP contribution is -2.00. The Kier molecular flexibility index (Phi) is 6.75. The molecule has 0 fully saturated rings. The fourth-order valence-corrected chi connectivity index (χ4v) is 7.57. The van der Waals surface area contributed by atoms with Gasteiger partial charge in [-0.25, -0.2) is 19.9 Å². The molecule has 0 saturated carbocycles. The zero-order valence-corrected chi connectivity index (χ0v) is 28.8. The summed E-state index contributed by atoms with van der Waals surface area (Å²) in [4.78, 5) is 20.0. The molecule has 0 aliphatic heterocycles. The number of benzene rings is 8. The van der Waals surface area contributed by atoms with Gasteiger partial charge >= 0.3 is 0 Å². The second-order valence-electron chi connectivity index (χ2n) is 13.4. The van der Waals surface area contributed by atoms with E-state index in [2.05, 4.69) is 91.0 Å². The average molecular weight is 693 g/mol. The first-order valence-electron chi connectivity index (χ1n) is 17.9. The first kappa shape index (κ1) is 30.2. The van der Waals surface area contributed by atoms with Crippen molar-refractivity contribution >= 4 is 54.6 Å². The van der Waals surface area contributed by atoms with Crippen molar-refractivity contribution in [3.63, 3.8) is 0 Å². The zero-order chi connectivity index (χ0) is 35.6. The molecule has 0 spiro atoms. The molecule has 0 radical (unpaired) electrons. The highest BCUT2D eigenvalue weighted by Gasteiger charge is 2.20. The molecule has 3 aromatic heterocycles. The Morgan fingerprint density at radius 3 is 1.81 bits per heavy atom. The number of rotatable bonds is 5. The van der Waals surface area contributed by atoms with Crippen LogP contribution in [0, 0.1) is 0 Å². The second kappa shape index (κ2) is 12.1. The van der Waals surface area contributed by atoms with Gasteiger partial charge in [-0.2, -0.15) is 0 Å². The third-order valence-corrected chi connectivity index (χ3v) is 10.2. The molecule has 8 aromatic carbocycles. The third-order valence-electron chi connectivity index (χ3n) is 10.2. The fraction of sp³-hybridized carbons (Fsp3) is 0. The molecule has 54 heavy (non-hydrogen) atoms. The average Bonchev–Trinajstić information content (AvgIpc) is 3.83. The fourth-order valence-electron chi connectivity index (χ4n) is 7.57. The quantitative estimate of drug-likeness (QED) is 0.179. The summed E-state index contributed by atoms with van der Waals surface area (Å²) < 4.78 is 12.8. The Morgan fingerprint density at radius 1 is 0.333 bits per heavy atom. The van der Waals surface area contributed by atoms with Gasteiger partial charge < -0.3 is 8.83 Å². The predicted molar refractivity (Wildman–Crippen MR) is 217 cm³/mol. The van der Waals surface area contributed by atoms with E-state index in [0.29, 0.717) is 28.9 Å². The molecular formula is C48H28N4O2. The molecule has 6 nitrogen and oxygen atoms in total. The van der Waals surface area contributed by atoms with Gasteiger partial charge in [-0.3, -0.25) is 0 Å². The summed E-state index contributed by atoms with van der Waals surface area (Å²) >= 11 is 0. The van der Waals surface area contributed by atoms with Gasteiger partial charge in [-0.1, -0.05) is 127 Å². The zero-order valence-electron chi connectivity index (χ0n) is 28.8. The largest absolute Gasteiger partial charge is 0.456 e. The van der Waals surface area contributed by atoms with Crippen molar-refractivity contribution in [2.75, 3.05) is 0 Å². The number of fused-ring (bicyclic) bond motifs is 6. The topological polar surface area (TPSA) is 77.8 Å². The SMILES string of the molecule is c1ccc(-c2nc(-c3ccc4ccccc4c3)nc(-c3ccc(-c4cccc5oc6cc7nc(-c8ccccc8)oc7cc6c45)c4ccccc34)n2)cc1. The standard InChI is InChI=1S/C48H28N4O2/c1-3-13-30(14-4-1)45-50-46(33-23-22-29-12-7-8-17-32(29)26-33)52-47(51-45)38-25-24-36(34-18-9-10-19-35(34)38)37-20-11-21-41-44(37)39-27-43-40(28-42(39)53-41)49-48(54-43)31-15-5-2-6-16-31/h1-28H. The Balaban J connectivity index is 1.09. The Labute approximate surface area is 309 Å². The van der Waals surface area contributed by atoms with Crippen LogP contribution in [0.3, 0.4) is 0 Å². The molecule has 0 N–H and O–H groups in total. The van der Waals surface area contributed by atoms with Crippen LogP contribution in [0.25, 0.3) is 111 Å². The second-order valence-corrected chi connectivity index (χ2v) is 13.4. The Morgan fingerprint density at radius 2 is 1.00 bits per heavy atom. The number of oxazole rings is 1. The van der Waals surface area contributed by atoms with Crippen LogP contribution >= 0.6 is 0 Å². The third kappa shape index (κ3) is 4.96. The predicted octanol–water partition coefficient (Wildman–Crippen LogP) is 12.6. The van der Waals surface area contributed by atoms with Gasteiger partial charge in [0.25, 0.3) is 0 Å². The number of furan rings is 1. The van der Waals surface area contributed by atoms with Crippen molar-refractivity contribution < 1.29 is 8.83 Å². The van der Waals surface area contributed by atoms with Crippen molar-refractivity contribution in [1.29, 1.82) is 0 Å². The molecule has 0 aliphatic carbocycles. The summed E-state index contributed by atoms with van der Waals surface area (Å²) in [5.74, 6) is 2.45. The summed E-state index contributed by atoms with van der Waals surface area (Å²) in [5.41, 5.74) is 8.90. The first-order valence-corrected chi connectivity index (χ1v) is 17.9. The lowest BCUT2D eigenvalue weighted by molar-refractivity contribution is 0.620. The van der Waals surface area contributed by atoms with E-state index in [-0.39, 0.29) is 0 Å². The summed E-state index contributed by atoms with van der Waals surface area (Å²) in [5, 5.41) is 6.42. The van der Waals surface area contributed by atoms with Gasteiger partial charge in [-0.05, 0) is 69.1 Å². The highest BCUT2D eigenvalue weighted by atomic mass is 16.4. The maximum atomic E-state index is 6.47. The van der Waals surface area contributed by atoms with Crippen LogP contribution < -0.4 is 0 Å². The monoisotopic (exact) mass is 692 g/mol. The minimum atomic E-state index is 0.585. The normalized spacial score (nSPS) is 11.7. The van der Waals surface area contributed by atoms with E-state index >= 15 is 0 Å². The lowest BCUT2D eigenvalue weighted by Gasteiger charge is -2.14. The number of aromatic nitrogens is 4. The van der Waals surface area contributed by atoms with Crippen molar-refractivity contribution in [2.45, 2.75) is 0 Å². The van der Waals surface area contributed by atoms with Crippen LogP contribution in [0.1, 0.15) is 0 Å². The highest BCUT2D eigenvalue weighted by Crippen LogP contribution is 2.43. The summed E-state index contributed by atoms with van der Waals surface area (Å²) in [7, 11) is 0. The minimum absolute atomic E-state index is 0.585. The molecule has 6 heteroatoms. The van der Waals surface area contributed by atoms with E-state index < -0.39 is 0 Å². The molecular weight excluding hydrogens is 665 g/mol. The van der Waals surface area contributed by atoms with Crippen molar-refractivity contribution in [3.8, 4) is 56.7 Å². The van der Waals surface area contributed by atoms with E-state index in [1.54, 1.807) is 0 Å². The van der Waals surface area contributed by atoms with Crippen LogP contribution in [0.2, 0.25) is 0 Å². The van der Waals surface area contributed by atoms with Crippen molar-refractivity contribution in [2.24, 2.45) is 0 Å². The maximum absolute atomic E-state index is 6.47. The van der Waals surface area contributed by atoms with Gasteiger partial charge in [0.05, 0.1) is 0 Å². The van der Waals surface area contributed by atoms with Gasteiger partial charge in [-0.15, -0.1) is 0 Å². The highest BCUT2D eigenvalue weighted by molar-refractivity contribution is 6.18. The molecule has 3 heterocycles. The van der Waals surface area contributed by atoms with Crippen LogP contribution in [-0.4, -0.2) is 19.9 Å². The number of nitrogens with zero attached hydrogens (tertiary/aromatic N) is 4. The summed E-state index contributed by atoms with van der Waals surface area (Å²) in [6.07, 6.45) is 0. The molecule has 252 valence electrons. The van der Waals surface area contributed by atoms with Crippen LogP contribution in [0.4, 0.5) is 0 Å². The van der Waals surface area contributed by atoms with E-state index in [9.17, 15) is 0 Å². The van der Waals surface area contributed by atoms with Crippen LogP contribution in [0.5, 0.6) is 0 Å². The van der Waals surface area contributed by atoms with E-state index in [4.69, 9.17) is 28.8 Å². The summed E-state index contributed by atoms with van der Waals surface area (Å²) in [6, 6.07) is 57.8. The number of hydrogen-bond donors (Lipinski definition) is 0. The van der Waals surface area contributed by atoms with E-state index in [1.807, 2.05) is 78.9 Å².